The van der Waals surface area contributed by atoms with Gasteiger partial charge in [-0.1, -0.05) is 76.7 Å². The van der Waals surface area contributed by atoms with Crippen molar-refractivity contribution >= 4 is 93.2 Å². The Kier molecular flexibility index (Phi) is 29.0. The molecule has 0 atom stereocenters. The molecule has 6 aromatic carbocycles. The summed E-state index contributed by atoms with van der Waals surface area (Å²) in [6.07, 6.45) is -9.22. The van der Waals surface area contributed by atoms with Crippen LogP contribution in [0.2, 0.25) is 20.1 Å². The highest BCUT2D eigenvalue weighted by atomic mass is 35.5. The first-order chi connectivity index (χ1) is 37.8. The highest BCUT2D eigenvalue weighted by Gasteiger charge is 2.35. The van der Waals surface area contributed by atoms with E-state index in [0.717, 1.165) is 35.9 Å². The van der Waals surface area contributed by atoms with Gasteiger partial charge in [-0.15, -0.1) is 0 Å². The summed E-state index contributed by atoms with van der Waals surface area (Å²) in [6, 6.07) is 24.8. The second-order valence-electron chi connectivity index (χ2n) is 15.4. The molecule has 81 heavy (non-hydrogen) atoms. The summed E-state index contributed by atoms with van der Waals surface area (Å²) in [6.45, 7) is 3.52. The molecule has 0 fully saturated rings. The van der Waals surface area contributed by atoms with Crippen molar-refractivity contribution in [3.05, 3.63) is 217 Å². The van der Waals surface area contributed by atoms with Gasteiger partial charge in [0.15, 0.2) is 0 Å². The summed E-state index contributed by atoms with van der Waals surface area (Å²) in [5.74, 6) is -3.68. The van der Waals surface area contributed by atoms with Gasteiger partial charge in [-0.05, 0) is 91.7 Å². The number of rotatable bonds is 8. The maximum atomic E-state index is 12.6. The molecule has 0 heterocycles. The average Bonchev–Trinajstić information content (AvgIpc) is 3.42. The Hall–Kier alpha value is -8.39. The molecule has 0 bridgehead atoms. The molecule has 0 aromatic heterocycles. The molecule has 18 nitrogen and oxygen atoms in total. The summed E-state index contributed by atoms with van der Waals surface area (Å²) in [5, 5.41) is 36.1. The first-order valence-corrected chi connectivity index (χ1v) is 24.0. The number of nitro benzene ring substituents is 2. The smallest absolute Gasteiger partial charge is 0.355 e. The van der Waals surface area contributed by atoms with Crippen molar-refractivity contribution in [3.63, 3.8) is 0 Å². The maximum Gasteiger partial charge on any atom is 0.417 e. The molecule has 0 unspecified atom stereocenters. The largest absolute Gasteiger partial charge is 0.417 e. The van der Waals surface area contributed by atoms with E-state index in [1.54, 1.807) is 44.3 Å². The van der Waals surface area contributed by atoms with Gasteiger partial charge in [0.2, 0.25) is 0 Å². The Morgan fingerprint density at radius 1 is 0.432 bits per heavy atom. The van der Waals surface area contributed by atoms with Crippen LogP contribution in [-0.2, 0) is 12.4 Å². The number of hydrogen-bond donors (Lipinski definition) is 6. The third-order valence-corrected chi connectivity index (χ3v) is 11.4. The number of halogens is 11. The lowest BCUT2D eigenvalue weighted by Crippen LogP contribution is -2.22. The van der Waals surface area contributed by atoms with Gasteiger partial charge in [0.1, 0.15) is 11.4 Å². The van der Waals surface area contributed by atoms with Gasteiger partial charge in [-0.3, -0.25) is 49.0 Å². The van der Waals surface area contributed by atoms with Gasteiger partial charge >= 0.3 is 12.4 Å². The summed E-state index contributed by atoms with van der Waals surface area (Å²) in [7, 11) is 8.58. The minimum absolute atomic E-state index is 0.00449. The lowest BCUT2D eigenvalue weighted by molar-refractivity contribution is -0.385. The van der Waals surface area contributed by atoms with Crippen LogP contribution in [0.5, 0.6) is 0 Å². The molecule has 29 heteroatoms. The minimum atomic E-state index is -4.75. The first kappa shape index (κ1) is 70.6. The number of carbonyl (C=O) groups is 6. The third kappa shape index (κ3) is 22.0. The molecule has 0 aliphatic carbocycles. The quantitative estimate of drug-likeness (QED) is 0.0477. The molecule has 0 radical (unpaired) electrons. The summed E-state index contributed by atoms with van der Waals surface area (Å²) in [5.41, 5.74) is -0.233. The zero-order chi connectivity index (χ0) is 62.1. The Morgan fingerprint density at radius 3 is 1.33 bits per heavy atom. The fourth-order valence-electron chi connectivity index (χ4n) is 6.09. The van der Waals surface area contributed by atoms with Crippen molar-refractivity contribution in [3.8, 4) is 0 Å². The number of amides is 6. The minimum Gasteiger partial charge on any atom is -0.355 e. The summed E-state index contributed by atoms with van der Waals surface area (Å²) < 4.78 is 86.6. The van der Waals surface area contributed by atoms with Crippen molar-refractivity contribution in [2.24, 2.45) is 0 Å². The molecule has 6 amide bonds. The van der Waals surface area contributed by atoms with Crippen LogP contribution in [0.3, 0.4) is 0 Å². The van der Waals surface area contributed by atoms with Crippen molar-refractivity contribution in [1.82, 2.24) is 31.9 Å². The van der Waals surface area contributed by atoms with E-state index in [0.29, 0.717) is 43.4 Å². The summed E-state index contributed by atoms with van der Waals surface area (Å²) >= 11 is 22.9. The van der Waals surface area contributed by atoms with Crippen LogP contribution in [0.4, 0.5) is 42.1 Å². The standard InChI is InChI=1S/C9H7ClF3NO.C9H10ClNO.C9H7F4NO.C9H10N2O3.C8H7Cl2NO.C8H8N2O3/c1-14-8(15)6-4-5(9(11,12)13)2-3-7(6)10;1-6-4-3-5-7(10)8(6)9(12)11-2;1-14-8(15)6-3-2-5(10)4-7(6)9(11,12)13;1-6-5-7(11(13)14)3-4-8(6)9(12)10-2;1-11-8(12)7-5(9)3-2-4-6(7)10;1-9-8(11)6-4-2-3-5-7(6)10(12)13/h2-4H,1H3,(H,14,15);3-5H,1-2H3,(H,11,12);2-4H,1H3,(H,14,15);3-5H,1-2H3,(H,10,12);2-4H,1H3,(H,11,12);2-5H,1H3,(H,9,11). The highest BCUT2D eigenvalue weighted by Crippen LogP contribution is 2.33. The van der Waals surface area contributed by atoms with E-state index >= 15 is 0 Å². The number of hydrogen-bond acceptors (Lipinski definition) is 10. The van der Waals surface area contributed by atoms with E-state index in [-0.39, 0.29) is 45.2 Å². The van der Waals surface area contributed by atoms with Crippen LogP contribution in [0.25, 0.3) is 0 Å². The van der Waals surface area contributed by atoms with Crippen LogP contribution in [0.15, 0.2) is 115 Å². The predicted molar refractivity (Wildman–Crippen MR) is 292 cm³/mol. The number of benzene rings is 6. The second kappa shape index (κ2) is 33.3. The van der Waals surface area contributed by atoms with Crippen LogP contribution in [-0.4, -0.2) is 87.6 Å². The van der Waals surface area contributed by atoms with Crippen molar-refractivity contribution < 1.29 is 69.3 Å². The third-order valence-electron chi connectivity index (χ3n) is 10.1. The monoisotopic (exact) mass is 1220 g/mol. The number of nitro groups is 2. The van der Waals surface area contributed by atoms with Gasteiger partial charge in [-0.25, -0.2) is 4.39 Å². The molecule has 6 aromatic rings. The Morgan fingerprint density at radius 2 is 0.877 bits per heavy atom. The topological polar surface area (TPSA) is 261 Å². The fourth-order valence-corrected chi connectivity index (χ4v) is 7.17. The van der Waals surface area contributed by atoms with Gasteiger partial charge in [0.25, 0.3) is 46.8 Å². The molecule has 0 saturated carbocycles. The number of para-hydroxylation sites is 1. The molecule has 0 aliphatic rings. The number of nitrogens with zero attached hydrogens (tertiary/aromatic N) is 2. The second-order valence-corrected chi connectivity index (χ2v) is 17.0. The number of carbonyl (C=O) groups excluding carboxylic acids is 6. The number of nitrogens with one attached hydrogen (secondary N) is 6. The molecule has 0 saturated heterocycles. The van der Waals surface area contributed by atoms with Gasteiger partial charge < -0.3 is 31.9 Å². The lowest BCUT2D eigenvalue weighted by atomic mass is 10.1. The van der Waals surface area contributed by atoms with Crippen LogP contribution in [0.1, 0.15) is 84.4 Å². The predicted octanol–water partition coefficient (Wildman–Crippen LogP) is 11.5. The van der Waals surface area contributed by atoms with Crippen LogP contribution < -0.4 is 31.9 Å². The number of non-ortho nitro benzene ring substituents is 1. The highest BCUT2D eigenvalue weighted by molar-refractivity contribution is 6.39. The van der Waals surface area contributed by atoms with Crippen molar-refractivity contribution in [2.75, 3.05) is 42.3 Å². The molecule has 6 rings (SSSR count). The average molecular weight is 1220 g/mol. The van der Waals surface area contributed by atoms with E-state index in [1.807, 2.05) is 19.1 Å². The maximum absolute atomic E-state index is 12.6. The Balaban J connectivity index is 0.000000487. The summed E-state index contributed by atoms with van der Waals surface area (Å²) in [4.78, 5) is 86.8. The Bertz CT molecular complexity index is 3140. The lowest BCUT2D eigenvalue weighted by Gasteiger charge is -2.11. The van der Waals surface area contributed by atoms with Gasteiger partial charge in [0.05, 0.1) is 63.3 Å². The molecule has 0 aliphatic heterocycles. The zero-order valence-electron chi connectivity index (χ0n) is 43.6. The van der Waals surface area contributed by atoms with Crippen molar-refractivity contribution in [2.45, 2.75) is 26.2 Å². The van der Waals surface area contributed by atoms with E-state index in [4.69, 9.17) is 46.4 Å². The van der Waals surface area contributed by atoms with Gasteiger partial charge in [-0.2, -0.15) is 26.3 Å². The zero-order valence-corrected chi connectivity index (χ0v) is 46.6. The molecular weight excluding hydrogens is 1170 g/mol. The van der Waals surface area contributed by atoms with Gasteiger partial charge in [0, 0.05) is 66.0 Å². The SMILES string of the molecule is CNC(=O)c1c(C)cccc1Cl.CNC(=O)c1c(Cl)cccc1Cl.CNC(=O)c1cc(C(F)(F)F)ccc1Cl.CNC(=O)c1ccc(F)cc1C(F)(F)F.CNC(=O)c1ccc([N+](=O)[O-])cc1C.CNC(=O)c1ccccc1[N+](=O)[O-]. The molecule has 6 N–H and O–H groups in total. The Labute approximate surface area is 478 Å². The van der Waals surface area contributed by atoms with E-state index in [2.05, 4.69) is 31.9 Å². The molecule has 434 valence electrons. The van der Waals surface area contributed by atoms with E-state index in [9.17, 15) is 79.7 Å². The fraction of sp³-hybridized carbons (Fsp3) is 0.192. The normalized spacial score (nSPS) is 10.2. The van der Waals surface area contributed by atoms with Crippen molar-refractivity contribution in [1.29, 1.82) is 0 Å². The first-order valence-electron chi connectivity index (χ1n) is 22.5. The van der Waals surface area contributed by atoms with Crippen LogP contribution in [0, 0.1) is 39.9 Å². The molecular formula is C52H49Cl4F7N8O10. The van der Waals surface area contributed by atoms with Crippen LogP contribution >= 0.6 is 46.4 Å². The number of alkyl halides is 6. The molecule has 0 spiro atoms. The van der Waals surface area contributed by atoms with E-state index in [1.165, 1.54) is 71.6 Å². The van der Waals surface area contributed by atoms with E-state index < -0.39 is 62.4 Å². The number of aryl methyl sites for hydroxylation is 2.